The molecule has 0 aliphatic carbocycles. The minimum Gasteiger partial charge on any atom is -0.491 e. The SMILES string of the molecule is Cc1ccc(NC(=O)CNc2ccc(OCC3CCCO3)cc2)cc1Cl. The first-order chi connectivity index (χ1) is 12.6. The van der Waals surface area contributed by atoms with E-state index in [-0.39, 0.29) is 18.6 Å². The van der Waals surface area contributed by atoms with E-state index in [9.17, 15) is 4.79 Å². The molecule has 1 fully saturated rings. The van der Waals surface area contributed by atoms with Crippen LogP contribution < -0.4 is 15.4 Å². The molecular formula is C20H23ClN2O3. The Kier molecular flexibility index (Phi) is 6.36. The number of anilines is 2. The van der Waals surface area contributed by atoms with Crippen molar-refractivity contribution >= 4 is 28.9 Å². The number of amides is 1. The Morgan fingerprint density at radius 1 is 1.23 bits per heavy atom. The molecule has 0 bridgehead atoms. The third kappa shape index (κ3) is 5.38. The third-order valence-corrected chi connectivity index (χ3v) is 4.63. The van der Waals surface area contributed by atoms with Crippen LogP contribution in [0.4, 0.5) is 11.4 Å². The lowest BCUT2D eigenvalue weighted by Gasteiger charge is -2.12. The first-order valence-electron chi connectivity index (χ1n) is 8.74. The van der Waals surface area contributed by atoms with Gasteiger partial charge in [-0.25, -0.2) is 0 Å². The van der Waals surface area contributed by atoms with E-state index in [1.54, 1.807) is 6.07 Å². The second-order valence-corrected chi connectivity index (χ2v) is 6.74. The van der Waals surface area contributed by atoms with Crippen LogP contribution in [0.15, 0.2) is 42.5 Å². The highest BCUT2D eigenvalue weighted by Gasteiger charge is 2.15. The summed E-state index contributed by atoms with van der Waals surface area (Å²) < 4.78 is 11.3. The third-order valence-electron chi connectivity index (χ3n) is 4.22. The van der Waals surface area contributed by atoms with Gasteiger partial charge in [-0.15, -0.1) is 0 Å². The minimum atomic E-state index is -0.136. The molecule has 138 valence electrons. The normalized spacial score (nSPS) is 16.3. The van der Waals surface area contributed by atoms with Crippen LogP contribution in [0.5, 0.6) is 5.75 Å². The van der Waals surface area contributed by atoms with Gasteiger partial charge in [-0.2, -0.15) is 0 Å². The number of halogens is 1. The smallest absolute Gasteiger partial charge is 0.243 e. The number of nitrogens with one attached hydrogen (secondary N) is 2. The maximum absolute atomic E-state index is 12.0. The largest absolute Gasteiger partial charge is 0.491 e. The Morgan fingerprint density at radius 2 is 2.00 bits per heavy atom. The van der Waals surface area contributed by atoms with Gasteiger partial charge >= 0.3 is 0 Å². The molecule has 2 N–H and O–H groups in total. The van der Waals surface area contributed by atoms with Crippen molar-refractivity contribution in [3.63, 3.8) is 0 Å². The van der Waals surface area contributed by atoms with Crippen molar-refractivity contribution in [3.05, 3.63) is 53.1 Å². The Morgan fingerprint density at radius 3 is 2.69 bits per heavy atom. The first-order valence-corrected chi connectivity index (χ1v) is 9.12. The maximum atomic E-state index is 12.0. The van der Waals surface area contributed by atoms with Crippen molar-refractivity contribution in [1.82, 2.24) is 0 Å². The summed E-state index contributed by atoms with van der Waals surface area (Å²) in [7, 11) is 0. The summed E-state index contributed by atoms with van der Waals surface area (Å²) >= 11 is 6.07. The van der Waals surface area contributed by atoms with Gasteiger partial charge in [0.15, 0.2) is 0 Å². The number of carbonyl (C=O) groups excluding carboxylic acids is 1. The van der Waals surface area contributed by atoms with Crippen LogP contribution in [0.2, 0.25) is 5.02 Å². The Labute approximate surface area is 158 Å². The van der Waals surface area contributed by atoms with Crippen LogP contribution in [-0.2, 0) is 9.53 Å². The van der Waals surface area contributed by atoms with Gasteiger partial charge in [0.2, 0.25) is 5.91 Å². The molecule has 0 saturated carbocycles. The fourth-order valence-electron chi connectivity index (χ4n) is 2.69. The molecule has 3 rings (SSSR count). The quantitative estimate of drug-likeness (QED) is 0.760. The van der Waals surface area contributed by atoms with Gasteiger partial charge in [-0.1, -0.05) is 17.7 Å². The second-order valence-electron chi connectivity index (χ2n) is 6.34. The zero-order chi connectivity index (χ0) is 18.4. The van der Waals surface area contributed by atoms with Crippen molar-refractivity contribution in [2.75, 3.05) is 30.4 Å². The van der Waals surface area contributed by atoms with Crippen LogP contribution in [0, 0.1) is 6.92 Å². The summed E-state index contributed by atoms with van der Waals surface area (Å²) in [4.78, 5) is 12.0. The van der Waals surface area contributed by atoms with Gasteiger partial charge in [-0.3, -0.25) is 4.79 Å². The van der Waals surface area contributed by atoms with Gasteiger partial charge < -0.3 is 20.1 Å². The average Bonchev–Trinajstić information content (AvgIpc) is 3.16. The van der Waals surface area contributed by atoms with Crippen LogP contribution in [0.3, 0.4) is 0 Å². The summed E-state index contributed by atoms with van der Waals surface area (Å²) in [5.41, 5.74) is 2.52. The van der Waals surface area contributed by atoms with E-state index in [1.165, 1.54) is 0 Å². The predicted octanol–water partition coefficient (Wildman–Crippen LogP) is 4.26. The molecule has 1 heterocycles. The van der Waals surface area contributed by atoms with Crippen molar-refractivity contribution < 1.29 is 14.3 Å². The fraction of sp³-hybridized carbons (Fsp3) is 0.350. The molecule has 0 spiro atoms. The summed E-state index contributed by atoms with van der Waals surface area (Å²) in [6.45, 7) is 3.49. The maximum Gasteiger partial charge on any atom is 0.243 e. The molecule has 1 atom stereocenters. The van der Waals surface area contributed by atoms with Gasteiger partial charge in [0.1, 0.15) is 12.4 Å². The second kappa shape index (κ2) is 8.92. The van der Waals surface area contributed by atoms with Crippen LogP contribution >= 0.6 is 11.6 Å². The number of hydrogen-bond donors (Lipinski definition) is 2. The molecule has 2 aromatic rings. The lowest BCUT2D eigenvalue weighted by atomic mass is 10.2. The average molecular weight is 375 g/mol. The van der Waals surface area contributed by atoms with E-state index in [0.717, 1.165) is 36.4 Å². The lowest BCUT2D eigenvalue weighted by Crippen LogP contribution is -2.21. The standard InChI is InChI=1S/C20H23ClN2O3/c1-14-4-5-16(11-19(14)21)23-20(24)12-22-15-6-8-17(9-7-15)26-13-18-3-2-10-25-18/h4-9,11,18,22H,2-3,10,12-13H2,1H3,(H,23,24). The summed E-state index contributed by atoms with van der Waals surface area (Å²) in [5, 5.41) is 6.54. The molecule has 1 aliphatic heterocycles. The van der Waals surface area contributed by atoms with Crippen molar-refractivity contribution in [2.24, 2.45) is 0 Å². The van der Waals surface area contributed by atoms with Gasteiger partial charge in [-0.05, 0) is 61.7 Å². The zero-order valence-corrected chi connectivity index (χ0v) is 15.5. The van der Waals surface area contributed by atoms with Crippen LogP contribution in [0.25, 0.3) is 0 Å². The molecule has 1 saturated heterocycles. The van der Waals surface area contributed by atoms with E-state index < -0.39 is 0 Å². The number of benzene rings is 2. The zero-order valence-electron chi connectivity index (χ0n) is 14.8. The van der Waals surface area contributed by atoms with Gasteiger partial charge in [0.25, 0.3) is 0 Å². The molecule has 1 amide bonds. The first kappa shape index (κ1) is 18.5. The molecule has 0 aromatic heterocycles. The van der Waals surface area contributed by atoms with E-state index in [1.807, 2.05) is 43.3 Å². The highest BCUT2D eigenvalue weighted by molar-refractivity contribution is 6.31. The van der Waals surface area contributed by atoms with Crippen LogP contribution in [0.1, 0.15) is 18.4 Å². The van der Waals surface area contributed by atoms with Gasteiger partial charge in [0.05, 0.1) is 12.6 Å². The molecule has 26 heavy (non-hydrogen) atoms. The topological polar surface area (TPSA) is 59.6 Å². The number of carbonyl (C=O) groups is 1. The minimum absolute atomic E-state index is 0.136. The molecule has 1 unspecified atom stereocenters. The van der Waals surface area contributed by atoms with Crippen molar-refractivity contribution in [1.29, 1.82) is 0 Å². The Bertz CT molecular complexity index is 743. The number of rotatable bonds is 7. The highest BCUT2D eigenvalue weighted by Crippen LogP contribution is 2.20. The Balaban J connectivity index is 1.43. The summed E-state index contributed by atoms with van der Waals surface area (Å²) in [5.74, 6) is 0.661. The number of hydrogen-bond acceptors (Lipinski definition) is 4. The molecule has 5 nitrogen and oxygen atoms in total. The van der Waals surface area contributed by atoms with E-state index in [2.05, 4.69) is 10.6 Å². The lowest BCUT2D eigenvalue weighted by molar-refractivity contribution is -0.114. The molecule has 1 aliphatic rings. The highest BCUT2D eigenvalue weighted by atomic mass is 35.5. The monoisotopic (exact) mass is 374 g/mol. The van der Waals surface area contributed by atoms with E-state index >= 15 is 0 Å². The van der Waals surface area contributed by atoms with Crippen molar-refractivity contribution in [2.45, 2.75) is 25.9 Å². The summed E-state index contributed by atoms with van der Waals surface area (Å²) in [6, 6.07) is 13.0. The van der Waals surface area contributed by atoms with Crippen molar-refractivity contribution in [3.8, 4) is 5.75 Å². The van der Waals surface area contributed by atoms with E-state index in [4.69, 9.17) is 21.1 Å². The molecule has 0 radical (unpaired) electrons. The number of aryl methyl sites for hydroxylation is 1. The Hall–Kier alpha value is -2.24. The molecule has 2 aromatic carbocycles. The summed E-state index contributed by atoms with van der Waals surface area (Å²) in [6.07, 6.45) is 2.36. The molecular weight excluding hydrogens is 352 g/mol. The van der Waals surface area contributed by atoms with Crippen LogP contribution in [-0.4, -0.2) is 31.8 Å². The fourth-order valence-corrected chi connectivity index (χ4v) is 2.87. The predicted molar refractivity (Wildman–Crippen MR) is 104 cm³/mol. The molecule has 6 heteroatoms. The number of ether oxygens (including phenoxy) is 2. The van der Waals surface area contributed by atoms with E-state index in [0.29, 0.717) is 17.3 Å². The van der Waals surface area contributed by atoms with Gasteiger partial charge in [0, 0.05) is 23.0 Å².